The molecule has 1 aliphatic carbocycles. The third kappa shape index (κ3) is 4.45. The highest BCUT2D eigenvalue weighted by atomic mass is 32.1. The maximum absolute atomic E-state index is 12.7. The van der Waals surface area contributed by atoms with E-state index in [-0.39, 0.29) is 18.6 Å². The molecule has 0 unspecified atom stereocenters. The lowest BCUT2D eigenvalue weighted by Gasteiger charge is -2.30. The van der Waals surface area contributed by atoms with Crippen molar-refractivity contribution in [2.45, 2.75) is 39.2 Å². The van der Waals surface area contributed by atoms with Crippen molar-refractivity contribution in [3.05, 3.63) is 40.3 Å². The number of likely N-dealkylation sites (N-methyl/N-ethyl adjacent to an activating group) is 1. The number of carbonyl (C=O) groups is 1. The van der Waals surface area contributed by atoms with E-state index in [2.05, 4.69) is 18.3 Å². The average Bonchev–Trinajstić information content (AvgIpc) is 3.08. The summed E-state index contributed by atoms with van der Waals surface area (Å²) in [4.78, 5) is 16.0. The van der Waals surface area contributed by atoms with Crippen molar-refractivity contribution >= 4 is 22.2 Å². The first-order valence-electron chi connectivity index (χ1n) is 10.5. The summed E-state index contributed by atoms with van der Waals surface area (Å²) >= 11 is 1.56. The Balaban J connectivity index is 1.37. The molecule has 1 amide bonds. The number of ether oxygens (including phenoxy) is 2. The molecule has 6 nitrogen and oxygen atoms in total. The fourth-order valence-electron chi connectivity index (χ4n) is 4.07. The highest BCUT2D eigenvalue weighted by molar-refractivity contribution is 7.16. The van der Waals surface area contributed by atoms with E-state index >= 15 is 0 Å². The quantitative estimate of drug-likeness (QED) is 0.761. The van der Waals surface area contributed by atoms with Crippen LogP contribution in [-0.2, 0) is 17.6 Å². The Morgan fingerprint density at radius 2 is 2.17 bits per heavy atom. The number of para-hydroxylation sites is 2. The Kier molecular flexibility index (Phi) is 6.26. The van der Waals surface area contributed by atoms with Gasteiger partial charge in [0.2, 0.25) is 5.91 Å². The van der Waals surface area contributed by atoms with Crippen LogP contribution in [0.1, 0.15) is 36.3 Å². The van der Waals surface area contributed by atoms with E-state index < -0.39 is 0 Å². The minimum atomic E-state index is -0.127. The van der Waals surface area contributed by atoms with Gasteiger partial charge in [0.05, 0.1) is 12.1 Å². The van der Waals surface area contributed by atoms with Crippen molar-refractivity contribution in [1.29, 1.82) is 5.26 Å². The van der Waals surface area contributed by atoms with Gasteiger partial charge in [-0.25, -0.2) is 0 Å². The molecule has 2 aromatic rings. The van der Waals surface area contributed by atoms with Gasteiger partial charge in [0.25, 0.3) is 0 Å². The lowest BCUT2D eigenvalue weighted by molar-refractivity contribution is -0.117. The fourth-order valence-corrected chi connectivity index (χ4v) is 5.45. The summed E-state index contributed by atoms with van der Waals surface area (Å²) in [5.41, 5.74) is 1.79. The van der Waals surface area contributed by atoms with Crippen LogP contribution in [-0.4, -0.2) is 43.2 Å². The first-order valence-corrected chi connectivity index (χ1v) is 11.3. The Labute approximate surface area is 181 Å². The number of nitrogens with zero attached hydrogens (tertiary/aromatic N) is 2. The van der Waals surface area contributed by atoms with E-state index in [9.17, 15) is 10.1 Å². The van der Waals surface area contributed by atoms with Gasteiger partial charge in [0.1, 0.15) is 23.8 Å². The molecule has 2 atom stereocenters. The van der Waals surface area contributed by atoms with E-state index in [0.717, 1.165) is 42.9 Å². The van der Waals surface area contributed by atoms with Gasteiger partial charge >= 0.3 is 0 Å². The average molecular weight is 426 g/mol. The summed E-state index contributed by atoms with van der Waals surface area (Å²) in [6.45, 7) is 6.30. The molecule has 2 heterocycles. The van der Waals surface area contributed by atoms with Gasteiger partial charge in [0.15, 0.2) is 11.5 Å². The Morgan fingerprint density at radius 1 is 1.37 bits per heavy atom. The molecule has 0 saturated heterocycles. The minimum Gasteiger partial charge on any atom is -0.486 e. The Hall–Kier alpha value is -2.56. The number of rotatable bonds is 6. The molecule has 0 saturated carbocycles. The molecule has 4 rings (SSSR count). The summed E-state index contributed by atoms with van der Waals surface area (Å²) in [6, 6.07) is 9.94. The van der Waals surface area contributed by atoms with Gasteiger partial charge in [-0.2, -0.15) is 5.26 Å². The number of hydrogen-bond donors (Lipinski definition) is 1. The number of anilines is 1. The Morgan fingerprint density at radius 3 is 2.93 bits per heavy atom. The van der Waals surface area contributed by atoms with Gasteiger partial charge in [-0.05, 0) is 49.4 Å². The zero-order valence-electron chi connectivity index (χ0n) is 17.4. The van der Waals surface area contributed by atoms with Crippen LogP contribution in [0.15, 0.2) is 24.3 Å². The van der Waals surface area contributed by atoms with Crippen LogP contribution in [0.4, 0.5) is 5.00 Å². The number of fused-ring (bicyclic) bond motifs is 2. The molecule has 0 spiro atoms. The molecule has 1 N–H and O–H groups in total. The lowest BCUT2D eigenvalue weighted by Crippen LogP contribution is -2.43. The number of nitriles is 1. The highest BCUT2D eigenvalue weighted by Crippen LogP contribution is 2.39. The zero-order valence-corrected chi connectivity index (χ0v) is 18.3. The van der Waals surface area contributed by atoms with Gasteiger partial charge in [-0.15, -0.1) is 11.3 Å². The van der Waals surface area contributed by atoms with Crippen LogP contribution < -0.4 is 14.8 Å². The topological polar surface area (TPSA) is 74.6 Å². The normalized spacial score (nSPS) is 19.8. The predicted molar refractivity (Wildman–Crippen MR) is 117 cm³/mol. The number of amides is 1. The third-order valence-corrected chi connectivity index (χ3v) is 6.89. The van der Waals surface area contributed by atoms with Crippen molar-refractivity contribution < 1.29 is 14.3 Å². The zero-order chi connectivity index (χ0) is 21.1. The SMILES string of the molecule is CCN(CC(=O)Nc1sc2c(c1C#N)CC[C@H](C)C2)C[C@@H]1COc2ccccc2O1. The second kappa shape index (κ2) is 9.07. The van der Waals surface area contributed by atoms with Gasteiger partial charge < -0.3 is 14.8 Å². The van der Waals surface area contributed by atoms with Crippen LogP contribution >= 0.6 is 11.3 Å². The van der Waals surface area contributed by atoms with Gasteiger partial charge in [-0.3, -0.25) is 9.69 Å². The van der Waals surface area contributed by atoms with Gasteiger partial charge in [-0.1, -0.05) is 26.0 Å². The van der Waals surface area contributed by atoms with Crippen LogP contribution in [0.5, 0.6) is 11.5 Å². The molecule has 2 aliphatic rings. The van der Waals surface area contributed by atoms with Crippen LogP contribution in [0.2, 0.25) is 0 Å². The molecule has 158 valence electrons. The molecule has 7 heteroatoms. The molecule has 30 heavy (non-hydrogen) atoms. The lowest BCUT2D eigenvalue weighted by atomic mass is 9.89. The van der Waals surface area contributed by atoms with Crippen LogP contribution in [0.25, 0.3) is 0 Å². The first-order chi connectivity index (χ1) is 14.6. The van der Waals surface area contributed by atoms with E-state index in [4.69, 9.17) is 9.47 Å². The summed E-state index contributed by atoms with van der Waals surface area (Å²) in [5, 5.41) is 13.3. The Bertz CT molecular complexity index is 965. The minimum absolute atomic E-state index is 0.0999. The van der Waals surface area contributed by atoms with E-state index in [1.54, 1.807) is 11.3 Å². The first kappa shape index (κ1) is 20.7. The number of hydrogen-bond acceptors (Lipinski definition) is 6. The van der Waals surface area contributed by atoms with Crippen molar-refractivity contribution in [1.82, 2.24) is 4.90 Å². The highest BCUT2D eigenvalue weighted by Gasteiger charge is 2.26. The molecular formula is C23H27N3O3S. The standard InChI is InChI=1S/C23H27N3O3S/c1-3-26(12-16-14-28-19-6-4-5-7-20(19)29-16)13-22(27)25-23-18(11-24)17-9-8-15(2)10-21(17)30-23/h4-7,15-16H,3,8-10,12-14H2,1-2H3,(H,25,27)/t15-,16+/m0/s1. The number of carbonyl (C=O) groups excluding carboxylic acids is 1. The van der Waals surface area contributed by atoms with Crippen molar-refractivity contribution in [3.8, 4) is 17.6 Å². The number of benzene rings is 1. The molecule has 0 bridgehead atoms. The van der Waals surface area contributed by atoms with Gasteiger partial charge in [0, 0.05) is 11.4 Å². The maximum atomic E-state index is 12.7. The fraction of sp³-hybridized carbons (Fsp3) is 0.478. The van der Waals surface area contributed by atoms with Crippen molar-refractivity contribution in [2.24, 2.45) is 5.92 Å². The smallest absolute Gasteiger partial charge is 0.239 e. The second-order valence-corrected chi connectivity index (χ2v) is 9.15. The predicted octanol–water partition coefficient (Wildman–Crippen LogP) is 3.84. The summed E-state index contributed by atoms with van der Waals surface area (Å²) in [7, 11) is 0. The van der Waals surface area contributed by atoms with Crippen molar-refractivity contribution in [2.75, 3.05) is 31.6 Å². The third-order valence-electron chi connectivity index (χ3n) is 5.72. The molecule has 1 aromatic carbocycles. The molecule has 0 fully saturated rings. The van der Waals surface area contributed by atoms with Crippen molar-refractivity contribution in [3.63, 3.8) is 0 Å². The molecule has 0 radical (unpaired) electrons. The van der Waals surface area contributed by atoms with E-state index in [1.807, 2.05) is 36.1 Å². The second-order valence-electron chi connectivity index (χ2n) is 8.04. The van der Waals surface area contributed by atoms with E-state index in [0.29, 0.717) is 29.6 Å². The largest absolute Gasteiger partial charge is 0.486 e. The molecule has 1 aliphatic heterocycles. The van der Waals surface area contributed by atoms with E-state index in [1.165, 1.54) is 4.88 Å². The van der Waals surface area contributed by atoms with Crippen LogP contribution in [0, 0.1) is 17.2 Å². The summed E-state index contributed by atoms with van der Waals surface area (Å²) in [6.07, 6.45) is 2.89. The summed E-state index contributed by atoms with van der Waals surface area (Å²) in [5.74, 6) is 2.03. The van der Waals surface area contributed by atoms with Crippen LogP contribution in [0.3, 0.4) is 0 Å². The maximum Gasteiger partial charge on any atom is 0.239 e. The molecule has 1 aromatic heterocycles. The summed E-state index contributed by atoms with van der Waals surface area (Å²) < 4.78 is 11.8. The number of thiophene rings is 1. The number of nitrogens with one attached hydrogen (secondary N) is 1. The monoisotopic (exact) mass is 425 g/mol. The molecular weight excluding hydrogens is 398 g/mol.